The summed E-state index contributed by atoms with van der Waals surface area (Å²) < 4.78 is 36.2. The van der Waals surface area contributed by atoms with Gasteiger partial charge in [0.25, 0.3) is 0 Å². The lowest BCUT2D eigenvalue weighted by atomic mass is 10.2. The molecule has 0 aromatic heterocycles. The molecule has 0 bridgehead atoms. The molecule has 3 rings (SSSR count). The molecule has 0 radical (unpaired) electrons. The van der Waals surface area contributed by atoms with Gasteiger partial charge in [0.15, 0.2) is 11.5 Å². The van der Waals surface area contributed by atoms with Crippen molar-refractivity contribution in [2.75, 3.05) is 17.4 Å². The Labute approximate surface area is 173 Å². The number of rotatable bonds is 6. The van der Waals surface area contributed by atoms with Crippen LogP contribution in [-0.2, 0) is 21.4 Å². The van der Waals surface area contributed by atoms with Crippen LogP contribution in [0.1, 0.15) is 12.5 Å². The van der Waals surface area contributed by atoms with Crippen molar-refractivity contribution in [2.24, 2.45) is 0 Å². The van der Waals surface area contributed by atoms with E-state index in [1.54, 1.807) is 18.2 Å². The SMILES string of the molecule is C[C@@H](C(=O)NCc1ccc2c(c1)OCO2)N(c1ccc(Cl)c(Cl)c1)S(C)(=O)=O. The quantitative estimate of drug-likeness (QED) is 0.739. The Morgan fingerprint density at radius 3 is 2.54 bits per heavy atom. The molecule has 1 heterocycles. The number of carbonyl (C=O) groups is 1. The van der Waals surface area contributed by atoms with E-state index in [4.69, 9.17) is 32.7 Å². The molecule has 0 saturated carbocycles. The topological polar surface area (TPSA) is 84.9 Å². The fourth-order valence-corrected chi connectivity index (χ4v) is 4.28. The predicted molar refractivity (Wildman–Crippen MR) is 108 cm³/mol. The summed E-state index contributed by atoms with van der Waals surface area (Å²) in [6, 6.07) is 8.71. The number of hydrogen-bond donors (Lipinski definition) is 1. The zero-order chi connectivity index (χ0) is 20.5. The fraction of sp³-hybridized carbons (Fsp3) is 0.278. The largest absolute Gasteiger partial charge is 0.454 e. The maximum atomic E-state index is 12.6. The molecule has 0 aliphatic carbocycles. The first kappa shape index (κ1) is 20.6. The van der Waals surface area contributed by atoms with Crippen LogP contribution in [0.25, 0.3) is 0 Å². The number of carbonyl (C=O) groups excluding carboxylic acids is 1. The third-order valence-corrected chi connectivity index (χ3v) is 6.13. The average Bonchev–Trinajstić information content (AvgIpc) is 3.09. The minimum Gasteiger partial charge on any atom is -0.454 e. The van der Waals surface area contributed by atoms with Gasteiger partial charge in [0.2, 0.25) is 22.7 Å². The Morgan fingerprint density at radius 2 is 1.86 bits per heavy atom. The summed E-state index contributed by atoms with van der Waals surface area (Å²) in [5, 5.41) is 3.22. The number of benzene rings is 2. The summed E-state index contributed by atoms with van der Waals surface area (Å²) in [4.78, 5) is 12.6. The summed E-state index contributed by atoms with van der Waals surface area (Å²) in [6.45, 7) is 1.87. The van der Waals surface area contributed by atoms with Crippen LogP contribution in [0.2, 0.25) is 10.0 Å². The van der Waals surface area contributed by atoms with Gasteiger partial charge in [-0.15, -0.1) is 0 Å². The molecule has 10 heteroatoms. The van der Waals surface area contributed by atoms with E-state index in [0.717, 1.165) is 16.1 Å². The number of sulfonamides is 1. The Morgan fingerprint density at radius 1 is 1.14 bits per heavy atom. The molecular weight excluding hydrogens is 427 g/mol. The molecular formula is C18H18Cl2N2O5S. The lowest BCUT2D eigenvalue weighted by Crippen LogP contribution is -2.47. The Kier molecular flexibility index (Phi) is 5.92. The molecule has 0 spiro atoms. The molecule has 2 aromatic carbocycles. The van der Waals surface area contributed by atoms with Gasteiger partial charge in [0.1, 0.15) is 6.04 Å². The second-order valence-corrected chi connectivity index (χ2v) is 8.91. The number of nitrogens with one attached hydrogen (secondary N) is 1. The van der Waals surface area contributed by atoms with Crippen LogP contribution in [-0.4, -0.2) is 33.4 Å². The highest BCUT2D eigenvalue weighted by Gasteiger charge is 2.29. The number of amides is 1. The summed E-state index contributed by atoms with van der Waals surface area (Å²) in [7, 11) is -3.75. The van der Waals surface area contributed by atoms with Gasteiger partial charge in [-0.05, 0) is 42.8 Å². The summed E-state index contributed by atoms with van der Waals surface area (Å²) >= 11 is 11.9. The van der Waals surface area contributed by atoms with Crippen LogP contribution in [0.4, 0.5) is 5.69 Å². The summed E-state index contributed by atoms with van der Waals surface area (Å²) in [5.41, 5.74) is 1.05. The second-order valence-electron chi connectivity index (χ2n) is 6.24. The van der Waals surface area contributed by atoms with Crippen molar-refractivity contribution in [3.63, 3.8) is 0 Å². The van der Waals surface area contributed by atoms with Crippen LogP contribution >= 0.6 is 23.2 Å². The van der Waals surface area contributed by atoms with Crippen LogP contribution in [0, 0.1) is 0 Å². The van der Waals surface area contributed by atoms with E-state index >= 15 is 0 Å². The number of anilines is 1. The average molecular weight is 445 g/mol. The molecule has 7 nitrogen and oxygen atoms in total. The van der Waals surface area contributed by atoms with Gasteiger partial charge in [-0.25, -0.2) is 8.42 Å². The Bertz CT molecular complexity index is 1010. The highest BCUT2D eigenvalue weighted by molar-refractivity contribution is 7.92. The van der Waals surface area contributed by atoms with E-state index in [2.05, 4.69) is 5.32 Å². The van der Waals surface area contributed by atoms with Crippen molar-refractivity contribution in [3.8, 4) is 11.5 Å². The van der Waals surface area contributed by atoms with Gasteiger partial charge in [-0.1, -0.05) is 29.3 Å². The van der Waals surface area contributed by atoms with Gasteiger partial charge in [0.05, 0.1) is 22.0 Å². The molecule has 1 amide bonds. The summed E-state index contributed by atoms with van der Waals surface area (Å²) in [5.74, 6) is 0.786. The molecule has 0 unspecified atom stereocenters. The van der Waals surface area contributed by atoms with E-state index in [1.807, 2.05) is 0 Å². The van der Waals surface area contributed by atoms with Crippen LogP contribution in [0.5, 0.6) is 11.5 Å². The lowest BCUT2D eigenvalue weighted by molar-refractivity contribution is -0.122. The van der Waals surface area contributed by atoms with E-state index in [-0.39, 0.29) is 24.0 Å². The standard InChI is InChI=1S/C18H18Cl2N2O5S/c1-11(22(28(2,24)25)13-4-5-14(19)15(20)8-13)18(23)21-9-12-3-6-16-17(7-12)27-10-26-16/h3-8,11H,9-10H2,1-2H3,(H,21,23)/t11-/m0/s1. The van der Waals surface area contributed by atoms with E-state index in [1.165, 1.54) is 25.1 Å². The van der Waals surface area contributed by atoms with Gasteiger partial charge in [-0.3, -0.25) is 9.10 Å². The molecule has 0 fully saturated rings. The number of fused-ring (bicyclic) bond motifs is 1. The number of hydrogen-bond acceptors (Lipinski definition) is 5. The summed E-state index contributed by atoms with van der Waals surface area (Å²) in [6.07, 6.45) is 1.02. The minimum absolute atomic E-state index is 0.162. The first-order valence-electron chi connectivity index (χ1n) is 8.27. The molecule has 150 valence electrons. The van der Waals surface area contributed by atoms with Gasteiger partial charge >= 0.3 is 0 Å². The molecule has 0 saturated heterocycles. The minimum atomic E-state index is -3.75. The zero-order valence-electron chi connectivity index (χ0n) is 15.1. The van der Waals surface area contributed by atoms with E-state index in [9.17, 15) is 13.2 Å². The smallest absolute Gasteiger partial charge is 0.243 e. The number of halogens is 2. The molecule has 1 aliphatic heterocycles. The third kappa shape index (κ3) is 4.45. The van der Waals surface area contributed by atoms with Crippen molar-refractivity contribution in [2.45, 2.75) is 19.5 Å². The monoisotopic (exact) mass is 444 g/mol. The van der Waals surface area contributed by atoms with Crippen molar-refractivity contribution >= 4 is 44.8 Å². The molecule has 1 N–H and O–H groups in total. The van der Waals surface area contributed by atoms with Crippen LogP contribution in [0.3, 0.4) is 0 Å². The van der Waals surface area contributed by atoms with Crippen molar-refractivity contribution in [3.05, 3.63) is 52.0 Å². The fourth-order valence-electron chi connectivity index (χ4n) is 2.82. The van der Waals surface area contributed by atoms with E-state index in [0.29, 0.717) is 16.5 Å². The van der Waals surface area contributed by atoms with Gasteiger partial charge < -0.3 is 14.8 Å². The third-order valence-electron chi connectivity index (χ3n) is 4.15. The highest BCUT2D eigenvalue weighted by atomic mass is 35.5. The Hall–Kier alpha value is -2.16. The number of ether oxygens (including phenoxy) is 2. The predicted octanol–water partition coefficient (Wildman–Crippen LogP) is 3.19. The van der Waals surface area contributed by atoms with Crippen LogP contribution < -0.4 is 19.1 Å². The first-order valence-corrected chi connectivity index (χ1v) is 10.9. The normalized spacial score (nSPS) is 13.9. The zero-order valence-corrected chi connectivity index (χ0v) is 17.4. The lowest BCUT2D eigenvalue weighted by Gasteiger charge is -2.28. The van der Waals surface area contributed by atoms with E-state index < -0.39 is 22.0 Å². The first-order chi connectivity index (χ1) is 13.2. The van der Waals surface area contributed by atoms with Gasteiger partial charge in [0, 0.05) is 6.54 Å². The molecule has 1 aliphatic rings. The molecule has 2 aromatic rings. The van der Waals surface area contributed by atoms with Crippen molar-refractivity contribution in [1.29, 1.82) is 0 Å². The Balaban J connectivity index is 1.75. The van der Waals surface area contributed by atoms with Crippen molar-refractivity contribution in [1.82, 2.24) is 5.32 Å². The highest BCUT2D eigenvalue weighted by Crippen LogP contribution is 2.32. The second kappa shape index (κ2) is 8.06. The molecule has 1 atom stereocenters. The maximum Gasteiger partial charge on any atom is 0.243 e. The maximum absolute atomic E-state index is 12.6. The molecule has 28 heavy (non-hydrogen) atoms. The van der Waals surface area contributed by atoms with Crippen molar-refractivity contribution < 1.29 is 22.7 Å². The number of nitrogens with zero attached hydrogens (tertiary/aromatic N) is 1. The van der Waals surface area contributed by atoms with Crippen LogP contribution in [0.15, 0.2) is 36.4 Å². The van der Waals surface area contributed by atoms with Gasteiger partial charge in [-0.2, -0.15) is 0 Å².